The van der Waals surface area contributed by atoms with Crippen molar-refractivity contribution in [1.82, 2.24) is 14.6 Å². The van der Waals surface area contributed by atoms with Gasteiger partial charge in [-0.2, -0.15) is 18.3 Å². The topological polar surface area (TPSA) is 56.2 Å². The zero-order valence-electron chi connectivity index (χ0n) is 11.1. The highest BCUT2D eigenvalue weighted by molar-refractivity contribution is 5.69. The number of anilines is 1. The Hall–Kier alpha value is -1.79. The van der Waals surface area contributed by atoms with Crippen LogP contribution in [-0.4, -0.2) is 14.6 Å². The minimum absolute atomic E-state index is 0.0530. The number of nitrogens with zero attached hydrogens (tertiary/aromatic N) is 3. The number of aryl methyl sites for hydroxylation is 1. The third-order valence-electron chi connectivity index (χ3n) is 2.80. The van der Waals surface area contributed by atoms with Crippen LogP contribution in [-0.2, 0) is 11.6 Å². The third-order valence-corrected chi connectivity index (χ3v) is 2.80. The Labute approximate surface area is 108 Å². The fourth-order valence-corrected chi connectivity index (χ4v) is 1.88. The van der Waals surface area contributed by atoms with Crippen LogP contribution in [0.3, 0.4) is 0 Å². The van der Waals surface area contributed by atoms with Gasteiger partial charge in [0.25, 0.3) is 0 Å². The number of rotatable bonds is 0. The molecule has 0 atom stereocenters. The molecule has 0 unspecified atom stereocenters. The van der Waals surface area contributed by atoms with Gasteiger partial charge in [-0.15, -0.1) is 0 Å². The Morgan fingerprint density at radius 1 is 1.21 bits per heavy atom. The molecular weight excluding hydrogens is 257 g/mol. The SMILES string of the molecule is Cc1cc(C(F)(F)F)nc2c(N)c(C(C)(C)C)nn12. The van der Waals surface area contributed by atoms with Crippen LogP contribution in [0.1, 0.15) is 37.9 Å². The lowest BCUT2D eigenvalue weighted by molar-refractivity contribution is -0.141. The highest BCUT2D eigenvalue weighted by Crippen LogP contribution is 2.33. The maximum absolute atomic E-state index is 12.7. The highest BCUT2D eigenvalue weighted by atomic mass is 19.4. The van der Waals surface area contributed by atoms with Crippen LogP contribution in [0.25, 0.3) is 5.65 Å². The Morgan fingerprint density at radius 2 is 1.79 bits per heavy atom. The number of fused-ring (bicyclic) bond motifs is 1. The number of halogens is 3. The molecule has 0 amide bonds. The minimum atomic E-state index is -4.49. The molecule has 2 heterocycles. The van der Waals surface area contributed by atoms with E-state index in [1.54, 1.807) is 6.92 Å². The third kappa shape index (κ3) is 2.24. The van der Waals surface area contributed by atoms with E-state index in [1.807, 2.05) is 20.8 Å². The monoisotopic (exact) mass is 272 g/mol. The first-order valence-corrected chi connectivity index (χ1v) is 5.75. The summed E-state index contributed by atoms with van der Waals surface area (Å²) in [5, 5.41) is 4.27. The predicted octanol–water partition coefficient (Wildman–Crippen LogP) is 2.94. The van der Waals surface area contributed by atoms with Gasteiger partial charge in [-0.3, -0.25) is 0 Å². The summed E-state index contributed by atoms with van der Waals surface area (Å²) in [7, 11) is 0. The molecule has 0 saturated heterocycles. The van der Waals surface area contributed by atoms with Crippen LogP contribution in [0, 0.1) is 6.92 Å². The second-order valence-corrected chi connectivity index (χ2v) is 5.53. The maximum Gasteiger partial charge on any atom is 0.433 e. The van der Waals surface area contributed by atoms with Crippen LogP contribution in [0.5, 0.6) is 0 Å². The molecule has 0 aliphatic heterocycles. The van der Waals surface area contributed by atoms with Gasteiger partial charge in [0.05, 0.1) is 5.69 Å². The molecule has 0 radical (unpaired) electrons. The molecule has 7 heteroatoms. The number of hydrogen-bond donors (Lipinski definition) is 1. The first-order valence-electron chi connectivity index (χ1n) is 5.75. The smallest absolute Gasteiger partial charge is 0.394 e. The van der Waals surface area contributed by atoms with Gasteiger partial charge in [0.15, 0.2) is 5.65 Å². The summed E-state index contributed by atoms with van der Waals surface area (Å²) in [4.78, 5) is 3.59. The Bertz CT molecular complexity index is 635. The summed E-state index contributed by atoms with van der Waals surface area (Å²) < 4.78 is 39.6. The van der Waals surface area contributed by atoms with Gasteiger partial charge in [0.2, 0.25) is 0 Å². The lowest BCUT2D eigenvalue weighted by atomic mass is 9.91. The molecule has 2 aromatic rings. The van der Waals surface area contributed by atoms with E-state index < -0.39 is 11.9 Å². The second kappa shape index (κ2) is 3.85. The van der Waals surface area contributed by atoms with Crippen molar-refractivity contribution in [3.05, 3.63) is 23.1 Å². The molecule has 2 N–H and O–H groups in total. The van der Waals surface area contributed by atoms with Gasteiger partial charge in [-0.1, -0.05) is 20.8 Å². The van der Waals surface area contributed by atoms with Crippen LogP contribution in [0.4, 0.5) is 18.9 Å². The number of nitrogen functional groups attached to an aromatic ring is 1. The van der Waals surface area contributed by atoms with E-state index in [4.69, 9.17) is 5.73 Å². The van der Waals surface area contributed by atoms with Crippen molar-refractivity contribution in [2.75, 3.05) is 5.73 Å². The van der Waals surface area contributed by atoms with Crippen molar-refractivity contribution >= 4 is 11.3 Å². The molecule has 0 fully saturated rings. The molecule has 0 saturated carbocycles. The fraction of sp³-hybridized carbons (Fsp3) is 0.500. The van der Waals surface area contributed by atoms with E-state index in [0.717, 1.165) is 6.07 Å². The summed E-state index contributed by atoms with van der Waals surface area (Å²) in [5.74, 6) is 0. The molecule has 4 nitrogen and oxygen atoms in total. The number of hydrogen-bond acceptors (Lipinski definition) is 3. The molecule has 0 aromatic carbocycles. The summed E-state index contributed by atoms with van der Waals surface area (Å²) in [6, 6.07) is 0.964. The van der Waals surface area contributed by atoms with Gasteiger partial charge >= 0.3 is 6.18 Å². The fourth-order valence-electron chi connectivity index (χ4n) is 1.88. The molecule has 0 aliphatic rings. The minimum Gasteiger partial charge on any atom is -0.394 e. The Kier molecular flexibility index (Phi) is 2.76. The molecule has 0 bridgehead atoms. The molecule has 2 aromatic heterocycles. The van der Waals surface area contributed by atoms with Gasteiger partial charge in [-0.05, 0) is 13.0 Å². The molecule has 0 aliphatic carbocycles. The zero-order chi connectivity index (χ0) is 14.6. The van der Waals surface area contributed by atoms with Crippen LogP contribution in [0.2, 0.25) is 0 Å². The molecule has 104 valence electrons. The van der Waals surface area contributed by atoms with Crippen molar-refractivity contribution in [3.8, 4) is 0 Å². The van der Waals surface area contributed by atoms with E-state index in [-0.39, 0.29) is 16.7 Å². The van der Waals surface area contributed by atoms with Crippen molar-refractivity contribution in [1.29, 1.82) is 0 Å². The quantitative estimate of drug-likeness (QED) is 0.802. The molecular formula is C12H15F3N4. The van der Waals surface area contributed by atoms with Crippen molar-refractivity contribution in [2.24, 2.45) is 0 Å². The van der Waals surface area contributed by atoms with Crippen LogP contribution >= 0.6 is 0 Å². The van der Waals surface area contributed by atoms with E-state index in [2.05, 4.69) is 10.1 Å². The second-order valence-electron chi connectivity index (χ2n) is 5.53. The number of alkyl halides is 3. The summed E-state index contributed by atoms with van der Waals surface area (Å²) in [6.07, 6.45) is -4.49. The normalized spacial score (nSPS) is 13.2. The van der Waals surface area contributed by atoms with Gasteiger partial charge in [0.1, 0.15) is 11.4 Å². The zero-order valence-corrected chi connectivity index (χ0v) is 11.1. The van der Waals surface area contributed by atoms with E-state index in [1.165, 1.54) is 4.52 Å². The van der Waals surface area contributed by atoms with E-state index in [0.29, 0.717) is 11.4 Å². The van der Waals surface area contributed by atoms with Crippen molar-refractivity contribution in [3.63, 3.8) is 0 Å². The standard InChI is InChI=1S/C12H15F3N4/c1-6-5-7(12(13,14)15)17-10-8(16)9(11(2,3)4)18-19(6)10/h5H,16H2,1-4H3. The van der Waals surface area contributed by atoms with Crippen molar-refractivity contribution in [2.45, 2.75) is 39.3 Å². The van der Waals surface area contributed by atoms with Gasteiger partial charge < -0.3 is 5.73 Å². The largest absolute Gasteiger partial charge is 0.433 e. The highest BCUT2D eigenvalue weighted by Gasteiger charge is 2.34. The van der Waals surface area contributed by atoms with Crippen LogP contribution in [0.15, 0.2) is 6.07 Å². The van der Waals surface area contributed by atoms with Gasteiger partial charge in [-0.25, -0.2) is 9.50 Å². The first-order chi connectivity index (χ1) is 8.51. The summed E-state index contributed by atoms with van der Waals surface area (Å²) in [6.45, 7) is 7.23. The van der Waals surface area contributed by atoms with Crippen molar-refractivity contribution < 1.29 is 13.2 Å². The van der Waals surface area contributed by atoms with E-state index >= 15 is 0 Å². The first kappa shape index (κ1) is 13.6. The average molecular weight is 272 g/mol. The summed E-state index contributed by atoms with van der Waals surface area (Å²) >= 11 is 0. The lowest BCUT2D eigenvalue weighted by Crippen LogP contribution is -2.14. The molecule has 2 rings (SSSR count). The van der Waals surface area contributed by atoms with Gasteiger partial charge in [0, 0.05) is 11.1 Å². The average Bonchev–Trinajstić information content (AvgIpc) is 2.55. The Balaban J connectivity index is 2.79. The molecule has 0 spiro atoms. The van der Waals surface area contributed by atoms with E-state index in [9.17, 15) is 13.2 Å². The predicted molar refractivity (Wildman–Crippen MR) is 65.8 cm³/mol. The number of aromatic nitrogens is 3. The number of nitrogens with two attached hydrogens (primary N) is 1. The molecule has 19 heavy (non-hydrogen) atoms. The Morgan fingerprint density at radius 3 is 2.26 bits per heavy atom. The summed E-state index contributed by atoms with van der Waals surface area (Å²) in [5.41, 5.74) is 5.72. The maximum atomic E-state index is 12.7. The lowest BCUT2D eigenvalue weighted by Gasteiger charge is -2.15. The van der Waals surface area contributed by atoms with Crippen LogP contribution < -0.4 is 5.73 Å².